The number of amides is 3. The fourth-order valence-electron chi connectivity index (χ4n) is 3.52. The summed E-state index contributed by atoms with van der Waals surface area (Å²) in [6, 6.07) is 6.53. The van der Waals surface area contributed by atoms with Gasteiger partial charge >= 0.3 is 12.2 Å². The lowest BCUT2D eigenvalue weighted by atomic mass is 10.0. The lowest BCUT2D eigenvalue weighted by molar-refractivity contribution is -0.137. The summed E-state index contributed by atoms with van der Waals surface area (Å²) in [6.45, 7) is 1.39. The number of pyridine rings is 1. The summed E-state index contributed by atoms with van der Waals surface area (Å²) in [5.74, 6) is -0.599. The molecule has 0 bridgehead atoms. The number of aliphatic hydroxyl groups is 1. The molecule has 0 aliphatic rings. The van der Waals surface area contributed by atoms with E-state index in [0.29, 0.717) is 22.3 Å². The number of nitrogens with one attached hydrogen (secondary N) is 3. The Bertz CT molecular complexity index is 1450. The molecule has 4 aromatic rings. The summed E-state index contributed by atoms with van der Waals surface area (Å²) >= 11 is 0. The zero-order chi connectivity index (χ0) is 26.7. The molecule has 4 rings (SSSR count). The standard InChI is InChI=1S/C23H21F3N8O3/c1-12(10-35)31-21(36)16-9-34-19(20(27)29-11-30-34)18(16)13-2-4-15(5-3-13)32-22(37)33-17-8-14(6-7-28-17)23(24,25)26/h2-9,11-12,35H,10H2,1H3,(H,31,36)(H2,27,29,30)(H2,28,32,33,37). The van der Waals surface area contributed by atoms with E-state index in [1.54, 1.807) is 19.1 Å². The first-order valence-corrected chi connectivity index (χ1v) is 10.8. The maximum Gasteiger partial charge on any atom is 0.416 e. The number of halogens is 3. The van der Waals surface area contributed by atoms with E-state index in [1.807, 2.05) is 0 Å². The van der Waals surface area contributed by atoms with E-state index in [4.69, 9.17) is 5.73 Å². The average Bonchev–Trinajstić information content (AvgIpc) is 3.25. The molecule has 3 aromatic heterocycles. The zero-order valence-corrected chi connectivity index (χ0v) is 19.2. The number of fused-ring (bicyclic) bond motifs is 1. The maximum atomic E-state index is 12.9. The zero-order valence-electron chi connectivity index (χ0n) is 19.2. The van der Waals surface area contributed by atoms with Gasteiger partial charge in [-0.1, -0.05) is 12.1 Å². The average molecular weight is 514 g/mol. The van der Waals surface area contributed by atoms with Crippen LogP contribution in [0.3, 0.4) is 0 Å². The molecule has 3 heterocycles. The van der Waals surface area contributed by atoms with Gasteiger partial charge in [-0.05, 0) is 36.8 Å². The van der Waals surface area contributed by atoms with Crippen molar-refractivity contribution in [2.24, 2.45) is 0 Å². The number of nitrogens with zero attached hydrogens (tertiary/aromatic N) is 4. The first kappa shape index (κ1) is 25.4. The quantitative estimate of drug-likeness (QED) is 0.264. The van der Waals surface area contributed by atoms with Gasteiger partial charge in [0.2, 0.25) is 0 Å². The summed E-state index contributed by atoms with van der Waals surface area (Å²) in [5, 5.41) is 20.8. The van der Waals surface area contributed by atoms with Crippen LogP contribution in [0.15, 0.2) is 55.1 Å². The van der Waals surface area contributed by atoms with Crippen LogP contribution in [0.4, 0.5) is 35.3 Å². The molecule has 0 spiro atoms. The summed E-state index contributed by atoms with van der Waals surface area (Å²) in [4.78, 5) is 32.9. The molecule has 1 aromatic carbocycles. The van der Waals surface area contributed by atoms with Crippen molar-refractivity contribution < 1.29 is 27.9 Å². The Morgan fingerprint density at radius 3 is 2.54 bits per heavy atom. The molecule has 192 valence electrons. The summed E-state index contributed by atoms with van der Waals surface area (Å²) in [5.41, 5.74) is 7.04. The Hall–Kier alpha value is -4.72. The second-order valence-electron chi connectivity index (χ2n) is 8.00. The number of benzene rings is 1. The van der Waals surface area contributed by atoms with Gasteiger partial charge in [-0.2, -0.15) is 18.3 Å². The van der Waals surface area contributed by atoms with Gasteiger partial charge < -0.3 is 21.5 Å². The highest BCUT2D eigenvalue weighted by Crippen LogP contribution is 2.33. The number of urea groups is 1. The van der Waals surface area contributed by atoms with Gasteiger partial charge in [-0.3, -0.25) is 10.1 Å². The van der Waals surface area contributed by atoms with Crippen molar-refractivity contribution in [3.8, 4) is 11.1 Å². The molecule has 0 saturated heterocycles. The van der Waals surface area contributed by atoms with E-state index >= 15 is 0 Å². The minimum Gasteiger partial charge on any atom is -0.394 e. The van der Waals surface area contributed by atoms with E-state index < -0.39 is 29.7 Å². The predicted molar refractivity (Wildman–Crippen MR) is 129 cm³/mol. The Kier molecular flexibility index (Phi) is 6.93. The number of rotatable bonds is 6. The van der Waals surface area contributed by atoms with Crippen LogP contribution in [0.25, 0.3) is 16.6 Å². The number of alkyl halides is 3. The fourth-order valence-corrected chi connectivity index (χ4v) is 3.52. The number of anilines is 3. The molecule has 1 unspecified atom stereocenters. The van der Waals surface area contributed by atoms with Crippen LogP contribution in [-0.2, 0) is 6.18 Å². The van der Waals surface area contributed by atoms with Gasteiger partial charge in [0.25, 0.3) is 5.91 Å². The summed E-state index contributed by atoms with van der Waals surface area (Å²) in [7, 11) is 0. The van der Waals surface area contributed by atoms with Crippen LogP contribution in [0.1, 0.15) is 22.8 Å². The Morgan fingerprint density at radius 1 is 1.14 bits per heavy atom. The SMILES string of the molecule is CC(CO)NC(=O)c1cn2ncnc(N)c2c1-c1ccc(NC(=O)Nc2cc(C(F)(F)F)ccn2)cc1. The monoisotopic (exact) mass is 514 g/mol. The van der Waals surface area contributed by atoms with Crippen LogP contribution >= 0.6 is 0 Å². The lowest BCUT2D eigenvalue weighted by Crippen LogP contribution is -2.35. The third-order valence-electron chi connectivity index (χ3n) is 5.26. The second kappa shape index (κ2) is 10.1. The maximum absolute atomic E-state index is 12.9. The van der Waals surface area contributed by atoms with E-state index in [1.165, 1.54) is 29.2 Å². The highest BCUT2D eigenvalue weighted by atomic mass is 19.4. The lowest BCUT2D eigenvalue weighted by Gasteiger charge is -2.12. The molecule has 1 atom stereocenters. The highest BCUT2D eigenvalue weighted by molar-refractivity contribution is 6.07. The summed E-state index contributed by atoms with van der Waals surface area (Å²) < 4.78 is 40.0. The molecule has 14 heteroatoms. The van der Waals surface area contributed by atoms with Gasteiger partial charge in [0, 0.05) is 29.7 Å². The van der Waals surface area contributed by atoms with Crippen LogP contribution in [0, 0.1) is 0 Å². The molecule has 0 saturated carbocycles. The smallest absolute Gasteiger partial charge is 0.394 e. The number of aromatic nitrogens is 4. The third kappa shape index (κ3) is 5.59. The van der Waals surface area contributed by atoms with Gasteiger partial charge in [-0.15, -0.1) is 0 Å². The molecular weight excluding hydrogens is 493 g/mol. The van der Waals surface area contributed by atoms with Crippen molar-refractivity contribution in [2.45, 2.75) is 19.1 Å². The van der Waals surface area contributed by atoms with E-state index in [-0.39, 0.29) is 23.8 Å². The topological polar surface area (TPSA) is 160 Å². The second-order valence-corrected chi connectivity index (χ2v) is 8.00. The first-order valence-electron chi connectivity index (χ1n) is 10.8. The van der Waals surface area contributed by atoms with Crippen molar-refractivity contribution in [1.82, 2.24) is 24.9 Å². The molecule has 3 amide bonds. The van der Waals surface area contributed by atoms with Crippen molar-refractivity contribution in [3.05, 3.63) is 66.2 Å². The number of nitrogen functional groups attached to an aromatic ring is 1. The predicted octanol–water partition coefficient (Wildman–Crippen LogP) is 3.15. The van der Waals surface area contributed by atoms with Crippen LogP contribution in [0.2, 0.25) is 0 Å². The number of aliphatic hydroxyl groups excluding tert-OH is 1. The number of nitrogens with two attached hydrogens (primary N) is 1. The van der Waals surface area contributed by atoms with Crippen molar-refractivity contribution in [2.75, 3.05) is 23.0 Å². The number of hydrogen-bond donors (Lipinski definition) is 5. The molecule has 37 heavy (non-hydrogen) atoms. The Labute approximate surface area is 207 Å². The van der Waals surface area contributed by atoms with Crippen molar-refractivity contribution >= 4 is 34.8 Å². The molecule has 0 aliphatic carbocycles. The molecule has 0 fully saturated rings. The molecular formula is C23H21F3N8O3. The minimum absolute atomic E-state index is 0.134. The highest BCUT2D eigenvalue weighted by Gasteiger charge is 2.31. The Morgan fingerprint density at radius 2 is 1.86 bits per heavy atom. The third-order valence-corrected chi connectivity index (χ3v) is 5.26. The molecule has 0 aliphatic heterocycles. The largest absolute Gasteiger partial charge is 0.416 e. The van der Waals surface area contributed by atoms with Gasteiger partial charge in [0.1, 0.15) is 17.7 Å². The number of hydrogen-bond acceptors (Lipinski definition) is 7. The van der Waals surface area contributed by atoms with E-state index in [2.05, 4.69) is 31.0 Å². The fraction of sp³-hybridized carbons (Fsp3) is 0.174. The van der Waals surface area contributed by atoms with E-state index in [9.17, 15) is 27.9 Å². The minimum atomic E-state index is -4.57. The van der Waals surface area contributed by atoms with Gasteiger partial charge in [0.05, 0.1) is 17.7 Å². The van der Waals surface area contributed by atoms with E-state index in [0.717, 1.165) is 18.3 Å². The first-order chi connectivity index (χ1) is 17.6. The van der Waals surface area contributed by atoms with Crippen molar-refractivity contribution in [3.63, 3.8) is 0 Å². The van der Waals surface area contributed by atoms with Crippen LogP contribution < -0.4 is 21.7 Å². The number of carbonyl (C=O) groups excluding carboxylic acids is 2. The van der Waals surface area contributed by atoms with Crippen LogP contribution in [0.5, 0.6) is 0 Å². The van der Waals surface area contributed by atoms with Crippen LogP contribution in [-0.4, -0.2) is 49.3 Å². The van der Waals surface area contributed by atoms with Crippen molar-refractivity contribution in [1.29, 1.82) is 0 Å². The van der Waals surface area contributed by atoms with Gasteiger partial charge in [0.15, 0.2) is 5.82 Å². The molecule has 11 nitrogen and oxygen atoms in total. The summed E-state index contributed by atoms with van der Waals surface area (Å²) in [6.07, 6.45) is -0.895. The van der Waals surface area contributed by atoms with Gasteiger partial charge in [-0.25, -0.2) is 19.3 Å². The normalized spacial score (nSPS) is 12.2. The molecule has 0 radical (unpaired) electrons. The molecule has 6 N–H and O–H groups in total. The number of carbonyl (C=O) groups is 2. The Balaban J connectivity index is 1.58.